The maximum atomic E-state index is 4.84. The fourth-order valence-corrected chi connectivity index (χ4v) is 4.60. The third-order valence-electron chi connectivity index (χ3n) is 4.60. The lowest BCUT2D eigenvalue weighted by atomic mass is 9.97. The van der Waals surface area contributed by atoms with Crippen molar-refractivity contribution in [1.29, 1.82) is 0 Å². The molecule has 114 valence electrons. The van der Waals surface area contributed by atoms with Gasteiger partial charge in [0.15, 0.2) is 11.5 Å². The first-order valence-corrected chi connectivity index (χ1v) is 8.84. The maximum absolute atomic E-state index is 4.84. The summed E-state index contributed by atoms with van der Waals surface area (Å²) >= 11 is 1.83. The van der Waals surface area contributed by atoms with Gasteiger partial charge in [0.1, 0.15) is 11.2 Å². The normalized spacial score (nSPS) is 14.5. The fraction of sp³-hybridized carbons (Fsp3) is 0.278. The van der Waals surface area contributed by atoms with Crippen LogP contribution in [0.5, 0.6) is 0 Å². The largest absolute Gasteiger partial charge is 0.225 e. The van der Waals surface area contributed by atoms with Gasteiger partial charge >= 0.3 is 0 Å². The van der Waals surface area contributed by atoms with Gasteiger partial charge in [0, 0.05) is 10.4 Å². The van der Waals surface area contributed by atoms with E-state index < -0.39 is 0 Å². The lowest BCUT2D eigenvalue weighted by Gasteiger charge is -2.09. The van der Waals surface area contributed by atoms with Crippen LogP contribution >= 0.6 is 11.3 Å². The molecule has 0 fully saturated rings. The summed E-state index contributed by atoms with van der Waals surface area (Å²) in [6.45, 7) is 2.09. The van der Waals surface area contributed by atoms with E-state index in [1.54, 1.807) is 6.33 Å². The van der Waals surface area contributed by atoms with Gasteiger partial charge in [-0.3, -0.25) is 0 Å². The van der Waals surface area contributed by atoms with Gasteiger partial charge in [-0.05, 0) is 38.2 Å². The van der Waals surface area contributed by atoms with E-state index >= 15 is 0 Å². The second-order valence-electron chi connectivity index (χ2n) is 6.21. The molecule has 0 N–H and O–H groups in total. The Balaban J connectivity index is 1.77. The highest BCUT2D eigenvalue weighted by atomic mass is 32.1. The Labute approximate surface area is 137 Å². The van der Waals surface area contributed by atoms with Gasteiger partial charge in [0.25, 0.3) is 0 Å². The summed E-state index contributed by atoms with van der Waals surface area (Å²) < 4.78 is 1.83. The number of aryl methyl sites for hydroxylation is 3. The Morgan fingerprint density at radius 3 is 2.78 bits per heavy atom. The van der Waals surface area contributed by atoms with Gasteiger partial charge in [-0.2, -0.15) is 0 Å². The zero-order chi connectivity index (χ0) is 15.4. The Bertz CT molecular complexity index is 1030. The molecule has 1 aliphatic rings. The second kappa shape index (κ2) is 4.86. The zero-order valence-corrected chi connectivity index (χ0v) is 13.7. The molecule has 0 amide bonds. The van der Waals surface area contributed by atoms with Crippen LogP contribution in [0, 0.1) is 6.92 Å². The molecule has 0 radical (unpaired) electrons. The van der Waals surface area contributed by atoms with E-state index in [1.165, 1.54) is 40.7 Å². The van der Waals surface area contributed by atoms with Crippen molar-refractivity contribution < 1.29 is 0 Å². The molecule has 0 saturated carbocycles. The Morgan fingerprint density at radius 1 is 1.09 bits per heavy atom. The molecular weight excluding hydrogens is 304 g/mol. The molecule has 5 heteroatoms. The molecule has 0 aliphatic heterocycles. The summed E-state index contributed by atoms with van der Waals surface area (Å²) in [6.07, 6.45) is 6.67. The Morgan fingerprint density at radius 2 is 1.91 bits per heavy atom. The predicted molar refractivity (Wildman–Crippen MR) is 93.0 cm³/mol. The van der Waals surface area contributed by atoms with E-state index in [2.05, 4.69) is 41.3 Å². The lowest BCUT2D eigenvalue weighted by molar-refractivity contribution is 0.700. The monoisotopic (exact) mass is 320 g/mol. The average Bonchev–Trinajstić information content (AvgIpc) is 3.16. The van der Waals surface area contributed by atoms with Crippen molar-refractivity contribution in [3.63, 3.8) is 0 Å². The molecule has 0 unspecified atom stereocenters. The van der Waals surface area contributed by atoms with Crippen LogP contribution in [0.2, 0.25) is 0 Å². The molecule has 0 spiro atoms. The molecule has 1 aromatic carbocycles. The molecule has 5 rings (SSSR count). The average molecular weight is 320 g/mol. The van der Waals surface area contributed by atoms with Crippen LogP contribution in [0.15, 0.2) is 30.6 Å². The van der Waals surface area contributed by atoms with E-state index in [9.17, 15) is 0 Å². The highest BCUT2D eigenvalue weighted by Gasteiger charge is 2.20. The van der Waals surface area contributed by atoms with Crippen LogP contribution in [0.4, 0.5) is 0 Å². The van der Waals surface area contributed by atoms with E-state index in [4.69, 9.17) is 4.98 Å². The van der Waals surface area contributed by atoms with Crippen molar-refractivity contribution in [3.05, 3.63) is 46.6 Å². The summed E-state index contributed by atoms with van der Waals surface area (Å²) in [4.78, 5) is 12.1. The molecule has 0 bridgehead atoms. The molecule has 1 aliphatic carbocycles. The number of nitrogens with zero attached hydrogens (tertiary/aromatic N) is 4. The fourth-order valence-electron chi connectivity index (χ4n) is 3.38. The molecule has 3 heterocycles. The molecule has 4 aromatic rings. The lowest BCUT2D eigenvalue weighted by Crippen LogP contribution is -1.99. The molecule has 0 atom stereocenters. The van der Waals surface area contributed by atoms with Crippen molar-refractivity contribution in [3.8, 4) is 11.4 Å². The number of hydrogen-bond acceptors (Lipinski definition) is 4. The van der Waals surface area contributed by atoms with Gasteiger partial charge in [-0.1, -0.05) is 29.8 Å². The summed E-state index contributed by atoms with van der Waals surface area (Å²) in [6, 6.07) is 8.36. The smallest absolute Gasteiger partial charge is 0.182 e. The van der Waals surface area contributed by atoms with Gasteiger partial charge < -0.3 is 0 Å². The predicted octanol–water partition coefficient (Wildman–Crippen LogP) is 4.19. The number of benzene rings is 1. The van der Waals surface area contributed by atoms with Crippen LogP contribution in [0.1, 0.15) is 28.8 Å². The van der Waals surface area contributed by atoms with Crippen LogP contribution in [0.25, 0.3) is 27.3 Å². The van der Waals surface area contributed by atoms with E-state index in [0.29, 0.717) is 0 Å². The van der Waals surface area contributed by atoms with Crippen LogP contribution in [-0.2, 0) is 12.8 Å². The van der Waals surface area contributed by atoms with Crippen molar-refractivity contribution in [2.24, 2.45) is 0 Å². The van der Waals surface area contributed by atoms with Crippen LogP contribution in [-0.4, -0.2) is 19.6 Å². The summed E-state index contributed by atoms with van der Waals surface area (Å²) in [5.74, 6) is 0.773. The van der Waals surface area contributed by atoms with Crippen LogP contribution in [0.3, 0.4) is 0 Å². The van der Waals surface area contributed by atoms with Crippen molar-refractivity contribution in [2.45, 2.75) is 32.6 Å². The highest BCUT2D eigenvalue weighted by molar-refractivity contribution is 7.19. The maximum Gasteiger partial charge on any atom is 0.182 e. The number of rotatable bonds is 1. The molecule has 4 nitrogen and oxygen atoms in total. The first-order valence-electron chi connectivity index (χ1n) is 8.02. The van der Waals surface area contributed by atoms with Crippen molar-refractivity contribution in [2.75, 3.05) is 0 Å². The van der Waals surface area contributed by atoms with Crippen molar-refractivity contribution >= 4 is 27.2 Å². The third-order valence-corrected chi connectivity index (χ3v) is 5.80. The first-order chi connectivity index (χ1) is 11.3. The SMILES string of the molecule is Cc1ccc(-c2nc3c4c5c(sc4ncn3n2)CCCC5)cc1. The molecule has 3 aromatic heterocycles. The second-order valence-corrected chi connectivity index (χ2v) is 7.29. The highest BCUT2D eigenvalue weighted by Crippen LogP contribution is 2.37. The van der Waals surface area contributed by atoms with Gasteiger partial charge in [0.2, 0.25) is 0 Å². The summed E-state index contributed by atoms with van der Waals surface area (Å²) in [7, 11) is 0. The van der Waals surface area contributed by atoms with Crippen molar-refractivity contribution in [1.82, 2.24) is 19.6 Å². The minimum Gasteiger partial charge on any atom is -0.225 e. The Hall–Kier alpha value is -2.27. The van der Waals surface area contributed by atoms with E-state index in [-0.39, 0.29) is 0 Å². The molecular formula is C18H16N4S. The standard InChI is InChI=1S/C18H16N4S/c1-11-6-8-12(9-7-11)16-20-17-15-13-4-2-3-5-14(13)23-18(15)19-10-22(17)21-16/h6-10H,2-5H2,1H3. The van der Waals surface area contributed by atoms with Gasteiger partial charge in [0.05, 0.1) is 5.39 Å². The Kier molecular flexibility index (Phi) is 2.79. The van der Waals surface area contributed by atoms with E-state index in [0.717, 1.165) is 28.3 Å². The minimum atomic E-state index is 0.773. The minimum absolute atomic E-state index is 0.773. The first kappa shape index (κ1) is 13.2. The molecule has 23 heavy (non-hydrogen) atoms. The topological polar surface area (TPSA) is 43.1 Å². The van der Waals surface area contributed by atoms with Gasteiger partial charge in [-0.15, -0.1) is 16.4 Å². The number of aromatic nitrogens is 4. The summed E-state index contributed by atoms with van der Waals surface area (Å²) in [5, 5.41) is 5.86. The summed E-state index contributed by atoms with van der Waals surface area (Å²) in [5.41, 5.74) is 4.70. The van der Waals surface area contributed by atoms with E-state index in [1.807, 2.05) is 15.9 Å². The third kappa shape index (κ3) is 2.00. The van der Waals surface area contributed by atoms with Crippen LogP contribution < -0.4 is 0 Å². The molecule has 0 saturated heterocycles. The zero-order valence-electron chi connectivity index (χ0n) is 12.9. The number of thiophene rings is 1. The number of hydrogen-bond donors (Lipinski definition) is 0. The van der Waals surface area contributed by atoms with Gasteiger partial charge in [-0.25, -0.2) is 14.5 Å². The number of fused-ring (bicyclic) bond motifs is 5. The quantitative estimate of drug-likeness (QED) is 0.528.